The monoisotopic (exact) mass is 269 g/mol. The van der Waals surface area contributed by atoms with E-state index in [0.717, 1.165) is 48.9 Å². The molecule has 102 valence electrons. The van der Waals surface area contributed by atoms with Crippen molar-refractivity contribution < 1.29 is 4.79 Å². The lowest BCUT2D eigenvalue weighted by Crippen LogP contribution is -2.28. The third-order valence-corrected chi connectivity index (χ3v) is 6.00. The number of nitrogens with one attached hydrogen (secondary N) is 1. The van der Waals surface area contributed by atoms with E-state index in [0.29, 0.717) is 17.7 Å². The highest BCUT2D eigenvalue weighted by molar-refractivity contribution is 6.18. The summed E-state index contributed by atoms with van der Waals surface area (Å²) in [6.45, 7) is 3.00. The smallest absolute Gasteiger partial charge is 0.223 e. The first-order valence-electron chi connectivity index (χ1n) is 7.56. The van der Waals surface area contributed by atoms with Gasteiger partial charge in [-0.1, -0.05) is 6.92 Å². The van der Waals surface area contributed by atoms with Crippen molar-refractivity contribution in [1.29, 1.82) is 0 Å². The molecule has 0 spiro atoms. The van der Waals surface area contributed by atoms with Crippen molar-refractivity contribution in [2.45, 2.75) is 39.0 Å². The van der Waals surface area contributed by atoms with Crippen LogP contribution in [0.4, 0.5) is 0 Å². The number of hydrogen-bond acceptors (Lipinski definition) is 1. The Morgan fingerprint density at radius 2 is 2.00 bits per heavy atom. The van der Waals surface area contributed by atoms with Gasteiger partial charge >= 0.3 is 0 Å². The molecular formula is C15H24ClNO. The third-order valence-electron chi connectivity index (χ3n) is 5.47. The topological polar surface area (TPSA) is 29.1 Å². The molecule has 5 atom stereocenters. The molecule has 2 nitrogen and oxygen atoms in total. The Balaban J connectivity index is 1.37. The molecule has 3 rings (SSSR count). The van der Waals surface area contributed by atoms with Crippen LogP contribution in [-0.4, -0.2) is 18.3 Å². The lowest BCUT2D eigenvalue weighted by molar-refractivity contribution is -0.123. The van der Waals surface area contributed by atoms with E-state index < -0.39 is 0 Å². The number of amides is 1. The molecule has 3 aliphatic carbocycles. The first-order chi connectivity index (χ1) is 8.72. The van der Waals surface area contributed by atoms with Crippen LogP contribution in [0, 0.1) is 35.5 Å². The van der Waals surface area contributed by atoms with E-state index in [1.54, 1.807) is 0 Å². The quantitative estimate of drug-likeness (QED) is 0.583. The van der Waals surface area contributed by atoms with Crippen molar-refractivity contribution in [2.75, 3.05) is 12.4 Å². The van der Waals surface area contributed by atoms with Crippen molar-refractivity contribution in [3.63, 3.8) is 0 Å². The second-order valence-electron chi connectivity index (χ2n) is 6.71. The van der Waals surface area contributed by atoms with Crippen LogP contribution in [0.2, 0.25) is 0 Å². The summed E-state index contributed by atoms with van der Waals surface area (Å²) in [5.74, 6) is 5.36. The molecule has 3 heteroatoms. The van der Waals surface area contributed by atoms with Crippen molar-refractivity contribution in [3.8, 4) is 0 Å². The molecule has 0 aromatic rings. The van der Waals surface area contributed by atoms with Gasteiger partial charge in [-0.2, -0.15) is 0 Å². The predicted octanol–water partition coefficient (Wildman–Crippen LogP) is 3.05. The fraction of sp³-hybridized carbons (Fsp3) is 0.933. The van der Waals surface area contributed by atoms with E-state index >= 15 is 0 Å². The molecule has 5 unspecified atom stereocenters. The zero-order valence-corrected chi connectivity index (χ0v) is 12.0. The van der Waals surface area contributed by atoms with E-state index in [9.17, 15) is 4.79 Å². The van der Waals surface area contributed by atoms with Crippen LogP contribution in [0.1, 0.15) is 39.0 Å². The summed E-state index contributed by atoms with van der Waals surface area (Å²) in [5, 5.41) is 3.14. The van der Waals surface area contributed by atoms with Crippen molar-refractivity contribution >= 4 is 17.5 Å². The maximum atomic E-state index is 12.1. The Hall–Kier alpha value is -0.240. The van der Waals surface area contributed by atoms with Gasteiger partial charge in [-0.25, -0.2) is 0 Å². The molecule has 0 aromatic heterocycles. The van der Waals surface area contributed by atoms with Gasteiger partial charge in [0, 0.05) is 18.3 Å². The second kappa shape index (κ2) is 5.03. The lowest BCUT2D eigenvalue weighted by atomic mass is 10.0. The Bertz CT molecular complexity index is 316. The molecule has 0 heterocycles. The average Bonchev–Trinajstić information content (AvgIpc) is 2.83. The first kappa shape index (κ1) is 12.8. The van der Waals surface area contributed by atoms with Crippen LogP contribution in [0.5, 0.6) is 0 Å². The highest BCUT2D eigenvalue weighted by Crippen LogP contribution is 2.69. The Morgan fingerprint density at radius 1 is 1.33 bits per heavy atom. The zero-order valence-electron chi connectivity index (χ0n) is 11.2. The Morgan fingerprint density at radius 3 is 2.61 bits per heavy atom. The molecule has 1 N–H and O–H groups in total. The van der Waals surface area contributed by atoms with Crippen LogP contribution in [-0.2, 0) is 4.79 Å². The molecule has 0 aliphatic heterocycles. The largest absolute Gasteiger partial charge is 0.356 e. The summed E-state index contributed by atoms with van der Waals surface area (Å²) in [5.41, 5.74) is 0. The van der Waals surface area contributed by atoms with Crippen LogP contribution >= 0.6 is 11.6 Å². The number of carbonyl (C=O) groups excluding carboxylic acids is 1. The van der Waals surface area contributed by atoms with Gasteiger partial charge in [-0.15, -0.1) is 11.6 Å². The fourth-order valence-corrected chi connectivity index (χ4v) is 4.69. The fourth-order valence-electron chi connectivity index (χ4n) is 4.53. The normalized spacial score (nSPS) is 41.6. The summed E-state index contributed by atoms with van der Waals surface area (Å²) in [6.07, 6.45) is 6.39. The predicted molar refractivity (Wildman–Crippen MR) is 73.4 cm³/mol. The Labute approximate surface area is 115 Å². The van der Waals surface area contributed by atoms with Gasteiger partial charge < -0.3 is 5.32 Å². The number of rotatable bonds is 6. The van der Waals surface area contributed by atoms with E-state index in [1.165, 1.54) is 19.3 Å². The molecule has 0 saturated heterocycles. The minimum absolute atomic E-state index is 0.347. The van der Waals surface area contributed by atoms with Crippen LogP contribution in [0.25, 0.3) is 0 Å². The number of halogens is 1. The molecule has 18 heavy (non-hydrogen) atoms. The van der Waals surface area contributed by atoms with Gasteiger partial charge in [0.15, 0.2) is 0 Å². The Kier molecular flexibility index (Phi) is 3.57. The van der Waals surface area contributed by atoms with Gasteiger partial charge in [-0.05, 0) is 61.7 Å². The van der Waals surface area contributed by atoms with Gasteiger partial charge in [0.1, 0.15) is 0 Å². The van der Waals surface area contributed by atoms with Crippen molar-refractivity contribution in [1.82, 2.24) is 5.32 Å². The average molecular weight is 270 g/mol. The summed E-state index contributed by atoms with van der Waals surface area (Å²) in [4.78, 5) is 12.1. The van der Waals surface area contributed by atoms with E-state index in [1.807, 2.05) is 0 Å². The van der Waals surface area contributed by atoms with E-state index in [2.05, 4.69) is 12.2 Å². The summed E-state index contributed by atoms with van der Waals surface area (Å²) in [6, 6.07) is 0. The number of alkyl halides is 1. The number of hydrogen-bond donors (Lipinski definition) is 1. The van der Waals surface area contributed by atoms with Crippen LogP contribution < -0.4 is 5.32 Å². The lowest BCUT2D eigenvalue weighted by Gasteiger charge is -2.10. The van der Waals surface area contributed by atoms with E-state index in [4.69, 9.17) is 11.6 Å². The zero-order chi connectivity index (χ0) is 12.7. The molecular weight excluding hydrogens is 246 g/mol. The number of fused-ring (bicyclic) bond motifs is 5. The minimum Gasteiger partial charge on any atom is -0.356 e. The van der Waals surface area contributed by atoms with Gasteiger partial charge in [0.2, 0.25) is 5.91 Å². The highest BCUT2D eigenvalue weighted by Gasteiger charge is 2.67. The first-order valence-corrected chi connectivity index (χ1v) is 8.09. The molecule has 3 aliphatic rings. The third kappa shape index (κ3) is 2.17. The molecule has 2 bridgehead atoms. The maximum Gasteiger partial charge on any atom is 0.223 e. The summed E-state index contributed by atoms with van der Waals surface area (Å²) in [7, 11) is 0. The van der Waals surface area contributed by atoms with Crippen LogP contribution in [0.15, 0.2) is 0 Å². The minimum atomic E-state index is 0.347. The summed E-state index contributed by atoms with van der Waals surface area (Å²) < 4.78 is 0. The van der Waals surface area contributed by atoms with Gasteiger partial charge in [0.05, 0.1) is 0 Å². The van der Waals surface area contributed by atoms with Crippen molar-refractivity contribution in [3.05, 3.63) is 0 Å². The SMILES string of the molecule is CC(CCl)CCCNC(=O)C1C2C3CCC(C3)C12. The molecule has 3 saturated carbocycles. The summed E-state index contributed by atoms with van der Waals surface area (Å²) >= 11 is 5.77. The maximum absolute atomic E-state index is 12.1. The molecule has 0 aromatic carbocycles. The van der Waals surface area contributed by atoms with Crippen molar-refractivity contribution in [2.24, 2.45) is 35.5 Å². The number of carbonyl (C=O) groups is 1. The van der Waals surface area contributed by atoms with Gasteiger partial charge in [-0.3, -0.25) is 4.79 Å². The second-order valence-corrected chi connectivity index (χ2v) is 7.02. The van der Waals surface area contributed by atoms with E-state index in [-0.39, 0.29) is 0 Å². The molecule has 1 amide bonds. The standard InChI is InChI=1S/C15H24ClNO/c1-9(8-16)3-2-6-17-15(18)14-12-10-4-5-11(7-10)13(12)14/h9-14H,2-8H2,1H3,(H,17,18). The molecule has 0 radical (unpaired) electrons. The highest BCUT2D eigenvalue weighted by atomic mass is 35.5. The van der Waals surface area contributed by atoms with Gasteiger partial charge in [0.25, 0.3) is 0 Å². The van der Waals surface area contributed by atoms with Crippen LogP contribution in [0.3, 0.4) is 0 Å². The molecule has 3 fully saturated rings.